The molecular weight excluding hydrogens is 323 g/mol. The lowest BCUT2D eigenvalue weighted by Crippen LogP contribution is -2.12. The SMILES string of the molecule is CC.Cc1cc(C)c(C(C)/C(Cl)=C\C(=C/N)C(F)(F)F)cc1C. The van der Waals surface area contributed by atoms with Crippen molar-refractivity contribution in [3.8, 4) is 0 Å². The molecule has 1 atom stereocenters. The highest BCUT2D eigenvalue weighted by Crippen LogP contribution is 2.34. The maximum Gasteiger partial charge on any atom is 0.417 e. The van der Waals surface area contributed by atoms with Crippen LogP contribution in [0.2, 0.25) is 0 Å². The second-order valence-corrected chi connectivity index (χ2v) is 5.60. The molecule has 0 saturated carbocycles. The second kappa shape index (κ2) is 9.02. The fourth-order valence-electron chi connectivity index (χ4n) is 2.10. The Morgan fingerprint density at radius 3 is 2.00 bits per heavy atom. The molecule has 0 aliphatic carbocycles. The first-order valence-electron chi connectivity index (χ1n) is 7.51. The van der Waals surface area contributed by atoms with Gasteiger partial charge in [-0.2, -0.15) is 13.2 Å². The zero-order chi connectivity index (χ0) is 18.4. The Balaban J connectivity index is 0.00000232. The first kappa shape index (κ1) is 21.6. The van der Waals surface area contributed by atoms with Gasteiger partial charge in [0.05, 0.1) is 5.57 Å². The summed E-state index contributed by atoms with van der Waals surface area (Å²) in [6.07, 6.45) is -3.09. The zero-order valence-electron chi connectivity index (χ0n) is 14.5. The molecule has 0 bridgehead atoms. The van der Waals surface area contributed by atoms with Gasteiger partial charge in [0.1, 0.15) is 0 Å². The molecule has 1 nitrogen and oxygen atoms in total. The lowest BCUT2D eigenvalue weighted by molar-refractivity contribution is -0.0884. The van der Waals surface area contributed by atoms with Crippen molar-refractivity contribution in [3.63, 3.8) is 0 Å². The van der Waals surface area contributed by atoms with Gasteiger partial charge in [0.25, 0.3) is 0 Å². The first-order chi connectivity index (χ1) is 10.6. The summed E-state index contributed by atoms with van der Waals surface area (Å²) < 4.78 is 38.1. The maximum atomic E-state index is 12.7. The van der Waals surface area contributed by atoms with Gasteiger partial charge in [0.2, 0.25) is 0 Å². The fourth-order valence-corrected chi connectivity index (χ4v) is 2.33. The van der Waals surface area contributed by atoms with Gasteiger partial charge in [0, 0.05) is 17.2 Å². The zero-order valence-corrected chi connectivity index (χ0v) is 15.2. The monoisotopic (exact) mass is 347 g/mol. The van der Waals surface area contributed by atoms with Crippen molar-refractivity contribution in [2.24, 2.45) is 5.73 Å². The van der Waals surface area contributed by atoms with Crippen LogP contribution < -0.4 is 5.73 Å². The van der Waals surface area contributed by atoms with E-state index in [0.29, 0.717) is 6.20 Å². The van der Waals surface area contributed by atoms with Gasteiger partial charge in [-0.25, -0.2) is 0 Å². The third kappa shape index (κ3) is 5.94. The average Bonchev–Trinajstić information content (AvgIpc) is 2.48. The van der Waals surface area contributed by atoms with E-state index in [9.17, 15) is 13.2 Å². The van der Waals surface area contributed by atoms with E-state index in [4.69, 9.17) is 17.3 Å². The van der Waals surface area contributed by atoms with Crippen molar-refractivity contribution in [1.29, 1.82) is 0 Å². The van der Waals surface area contributed by atoms with Crippen molar-refractivity contribution in [3.05, 3.63) is 57.3 Å². The molecule has 0 fully saturated rings. The maximum absolute atomic E-state index is 12.7. The lowest BCUT2D eigenvalue weighted by atomic mass is 9.91. The van der Waals surface area contributed by atoms with Crippen LogP contribution in [0.15, 0.2) is 35.0 Å². The van der Waals surface area contributed by atoms with E-state index in [1.54, 1.807) is 6.92 Å². The normalized spacial score (nSPS) is 14.2. The molecule has 0 aromatic heterocycles. The molecule has 0 saturated heterocycles. The highest BCUT2D eigenvalue weighted by Gasteiger charge is 2.32. The van der Waals surface area contributed by atoms with Gasteiger partial charge < -0.3 is 5.73 Å². The molecule has 23 heavy (non-hydrogen) atoms. The third-order valence-electron chi connectivity index (χ3n) is 3.56. The van der Waals surface area contributed by atoms with Crippen LogP contribution in [0.4, 0.5) is 13.2 Å². The summed E-state index contributed by atoms with van der Waals surface area (Å²) in [5, 5.41) is 0.107. The molecule has 1 aromatic rings. The van der Waals surface area contributed by atoms with Gasteiger partial charge in [-0.15, -0.1) is 0 Å². The van der Waals surface area contributed by atoms with Gasteiger partial charge in [-0.1, -0.05) is 44.5 Å². The van der Waals surface area contributed by atoms with Crippen LogP contribution in [0.3, 0.4) is 0 Å². The molecule has 1 unspecified atom stereocenters. The Bertz CT molecular complexity index is 587. The van der Waals surface area contributed by atoms with Gasteiger partial charge in [0.15, 0.2) is 0 Å². The number of rotatable bonds is 3. The summed E-state index contributed by atoms with van der Waals surface area (Å²) in [7, 11) is 0. The van der Waals surface area contributed by atoms with Gasteiger partial charge in [-0.3, -0.25) is 0 Å². The topological polar surface area (TPSA) is 26.0 Å². The molecule has 1 aromatic carbocycles. The predicted molar refractivity (Wildman–Crippen MR) is 92.7 cm³/mol. The van der Waals surface area contributed by atoms with Crippen LogP contribution in [0.5, 0.6) is 0 Å². The number of hydrogen-bond acceptors (Lipinski definition) is 1. The number of aryl methyl sites for hydroxylation is 3. The number of alkyl halides is 3. The Morgan fingerprint density at radius 1 is 1.09 bits per heavy atom. The molecule has 0 aliphatic heterocycles. The Hall–Kier alpha value is -1.42. The van der Waals surface area contributed by atoms with E-state index in [2.05, 4.69) is 0 Å². The molecule has 0 aliphatic rings. The van der Waals surface area contributed by atoms with Gasteiger partial charge in [-0.05, 0) is 49.1 Å². The number of allylic oxidation sites excluding steroid dienone is 3. The molecule has 1 rings (SSSR count). The van der Waals surface area contributed by atoms with E-state index in [0.717, 1.165) is 28.3 Å². The highest BCUT2D eigenvalue weighted by atomic mass is 35.5. The summed E-state index contributed by atoms with van der Waals surface area (Å²) >= 11 is 6.07. The van der Waals surface area contributed by atoms with Crippen LogP contribution in [0.25, 0.3) is 0 Å². The van der Waals surface area contributed by atoms with Crippen molar-refractivity contribution < 1.29 is 13.2 Å². The molecule has 0 radical (unpaired) electrons. The lowest BCUT2D eigenvalue weighted by Gasteiger charge is -2.17. The van der Waals surface area contributed by atoms with Crippen LogP contribution in [0.1, 0.15) is 48.9 Å². The molecule has 0 spiro atoms. The fraction of sp³-hybridized carbons (Fsp3) is 0.444. The molecular formula is C18H25ClF3N. The second-order valence-electron chi connectivity index (χ2n) is 5.16. The Kier molecular flexibility index (Phi) is 8.46. The van der Waals surface area contributed by atoms with Crippen LogP contribution in [-0.4, -0.2) is 6.18 Å². The van der Waals surface area contributed by atoms with Crippen LogP contribution >= 0.6 is 11.6 Å². The summed E-state index contributed by atoms with van der Waals surface area (Å²) in [5.74, 6) is -0.330. The third-order valence-corrected chi connectivity index (χ3v) is 4.00. The summed E-state index contributed by atoms with van der Waals surface area (Å²) in [4.78, 5) is 0. The Morgan fingerprint density at radius 2 is 1.57 bits per heavy atom. The minimum absolute atomic E-state index is 0.107. The van der Waals surface area contributed by atoms with E-state index in [-0.39, 0.29) is 11.0 Å². The number of halogens is 4. The predicted octanol–water partition coefficient (Wildman–Crippen LogP) is 6.27. The van der Waals surface area contributed by atoms with E-state index < -0.39 is 11.7 Å². The van der Waals surface area contributed by atoms with E-state index >= 15 is 0 Å². The van der Waals surface area contributed by atoms with Crippen molar-refractivity contribution in [2.75, 3.05) is 0 Å². The minimum Gasteiger partial charge on any atom is -0.404 e. The first-order valence-corrected chi connectivity index (χ1v) is 7.89. The summed E-state index contributed by atoms with van der Waals surface area (Å²) in [6, 6.07) is 3.97. The smallest absolute Gasteiger partial charge is 0.404 e. The number of hydrogen-bond donors (Lipinski definition) is 1. The Labute approximate surface area is 142 Å². The van der Waals surface area contributed by atoms with Crippen molar-refractivity contribution in [1.82, 2.24) is 0 Å². The van der Waals surface area contributed by atoms with E-state index in [1.165, 1.54) is 0 Å². The largest absolute Gasteiger partial charge is 0.417 e. The molecule has 5 heteroatoms. The number of nitrogens with two attached hydrogens (primary N) is 1. The standard InChI is InChI=1S/C16H19ClF3N.C2H6/c1-9-5-11(3)14(6-10(9)2)12(4)15(17)7-13(8-21)16(18,19)20;1-2/h5-8,12H,21H2,1-4H3;1-2H3/b13-8+,15-7+;. The minimum atomic E-state index is -4.51. The van der Waals surface area contributed by atoms with Crippen LogP contribution in [-0.2, 0) is 0 Å². The highest BCUT2D eigenvalue weighted by molar-refractivity contribution is 6.30. The van der Waals surface area contributed by atoms with Gasteiger partial charge >= 0.3 is 6.18 Å². The molecule has 2 N–H and O–H groups in total. The number of benzene rings is 1. The summed E-state index contributed by atoms with van der Waals surface area (Å²) in [5.41, 5.74) is 8.23. The summed E-state index contributed by atoms with van der Waals surface area (Å²) in [6.45, 7) is 11.7. The van der Waals surface area contributed by atoms with Crippen LogP contribution in [0, 0.1) is 20.8 Å². The van der Waals surface area contributed by atoms with E-state index in [1.807, 2.05) is 46.8 Å². The van der Waals surface area contributed by atoms with Crippen molar-refractivity contribution in [2.45, 2.75) is 53.6 Å². The molecule has 0 heterocycles. The molecule has 0 amide bonds. The molecule has 130 valence electrons. The van der Waals surface area contributed by atoms with Crippen molar-refractivity contribution >= 4 is 11.6 Å². The quantitative estimate of drug-likeness (QED) is 0.641. The average molecular weight is 348 g/mol.